The number of rotatable bonds is 7. The smallest absolute Gasteiger partial charge is 0.405 e. The summed E-state index contributed by atoms with van der Waals surface area (Å²) in [6.45, 7) is 2.37. The summed E-state index contributed by atoms with van der Waals surface area (Å²) in [7, 11) is 0. The molecule has 1 aromatic rings. The predicted molar refractivity (Wildman–Crippen MR) is 65.7 cm³/mol. The fraction of sp³-hybridized carbons (Fsp3) is 0.538. The van der Waals surface area contributed by atoms with Crippen molar-refractivity contribution in [1.29, 1.82) is 0 Å². The highest BCUT2D eigenvalue weighted by Gasteiger charge is 2.32. The van der Waals surface area contributed by atoms with E-state index in [1.54, 1.807) is 0 Å². The van der Waals surface area contributed by atoms with Crippen LogP contribution in [0.2, 0.25) is 0 Å². The number of nitrogens with one attached hydrogen (secondary N) is 1. The van der Waals surface area contributed by atoms with Crippen molar-refractivity contribution in [2.24, 2.45) is 0 Å². The van der Waals surface area contributed by atoms with Crippen LogP contribution in [0.1, 0.15) is 25.3 Å². The second-order valence-corrected chi connectivity index (χ2v) is 4.33. The van der Waals surface area contributed by atoms with Gasteiger partial charge in [-0.15, -0.1) is 13.2 Å². The third kappa shape index (κ3) is 6.21. The van der Waals surface area contributed by atoms with Gasteiger partial charge in [-0.3, -0.25) is 0 Å². The van der Waals surface area contributed by atoms with Crippen molar-refractivity contribution in [2.75, 3.05) is 6.54 Å². The third-order valence-corrected chi connectivity index (χ3v) is 2.70. The predicted octanol–water partition coefficient (Wildman–Crippen LogP) is 2.97. The van der Waals surface area contributed by atoms with E-state index in [4.69, 9.17) is 0 Å². The molecule has 2 N–H and O–H groups in total. The molecule has 0 aliphatic heterocycles. The SMILES string of the molecule is CCC(O)CCNCc1ccc(F)cc1OC(F)(F)F. The van der Waals surface area contributed by atoms with Crippen molar-refractivity contribution >= 4 is 0 Å². The summed E-state index contributed by atoms with van der Waals surface area (Å²) >= 11 is 0. The summed E-state index contributed by atoms with van der Waals surface area (Å²) in [5.74, 6) is -1.35. The first-order valence-electron chi connectivity index (χ1n) is 6.24. The zero-order chi connectivity index (χ0) is 15.2. The van der Waals surface area contributed by atoms with Gasteiger partial charge in [0, 0.05) is 18.2 Å². The van der Waals surface area contributed by atoms with Gasteiger partial charge in [-0.25, -0.2) is 4.39 Å². The number of hydrogen-bond donors (Lipinski definition) is 2. The Morgan fingerprint density at radius 3 is 2.65 bits per heavy atom. The molecule has 114 valence electrons. The molecule has 0 aromatic heterocycles. The van der Waals surface area contributed by atoms with Crippen LogP contribution in [0.5, 0.6) is 5.75 Å². The van der Waals surface area contributed by atoms with Gasteiger partial charge < -0.3 is 15.2 Å². The van der Waals surface area contributed by atoms with E-state index in [0.29, 0.717) is 25.5 Å². The Morgan fingerprint density at radius 2 is 2.05 bits per heavy atom. The lowest BCUT2D eigenvalue weighted by Gasteiger charge is -2.14. The molecular weight excluding hydrogens is 278 g/mol. The highest BCUT2D eigenvalue weighted by atomic mass is 19.4. The van der Waals surface area contributed by atoms with Crippen LogP contribution < -0.4 is 10.1 Å². The van der Waals surface area contributed by atoms with Gasteiger partial charge in [0.1, 0.15) is 11.6 Å². The van der Waals surface area contributed by atoms with Gasteiger partial charge in [0.05, 0.1) is 6.10 Å². The van der Waals surface area contributed by atoms with Crippen molar-refractivity contribution in [2.45, 2.75) is 38.8 Å². The van der Waals surface area contributed by atoms with Gasteiger partial charge >= 0.3 is 6.36 Å². The van der Waals surface area contributed by atoms with Crippen LogP contribution in [0.15, 0.2) is 18.2 Å². The van der Waals surface area contributed by atoms with E-state index in [2.05, 4.69) is 10.1 Å². The van der Waals surface area contributed by atoms with E-state index in [1.165, 1.54) is 6.07 Å². The highest BCUT2D eigenvalue weighted by molar-refractivity contribution is 5.34. The zero-order valence-electron chi connectivity index (χ0n) is 11.0. The van der Waals surface area contributed by atoms with Gasteiger partial charge in [-0.05, 0) is 25.5 Å². The quantitative estimate of drug-likeness (QED) is 0.600. The molecule has 0 aliphatic rings. The molecule has 0 heterocycles. The third-order valence-electron chi connectivity index (χ3n) is 2.70. The number of aliphatic hydroxyl groups excluding tert-OH is 1. The molecule has 1 atom stereocenters. The van der Waals surface area contributed by atoms with Crippen molar-refractivity contribution in [3.8, 4) is 5.75 Å². The Kier molecular flexibility index (Phi) is 6.22. The average molecular weight is 295 g/mol. The maximum absolute atomic E-state index is 13.0. The van der Waals surface area contributed by atoms with Gasteiger partial charge in [0.2, 0.25) is 0 Å². The van der Waals surface area contributed by atoms with Gasteiger partial charge in [0.15, 0.2) is 0 Å². The number of ether oxygens (including phenoxy) is 1. The second-order valence-electron chi connectivity index (χ2n) is 4.33. The van der Waals surface area contributed by atoms with Crippen LogP contribution in [0.3, 0.4) is 0 Å². The maximum Gasteiger partial charge on any atom is 0.573 e. The molecule has 0 spiro atoms. The first-order valence-corrected chi connectivity index (χ1v) is 6.24. The normalized spacial score (nSPS) is 13.3. The topological polar surface area (TPSA) is 41.5 Å². The summed E-state index contributed by atoms with van der Waals surface area (Å²) in [4.78, 5) is 0. The first-order chi connectivity index (χ1) is 9.31. The van der Waals surface area contributed by atoms with Crippen molar-refractivity contribution in [3.05, 3.63) is 29.6 Å². The summed E-state index contributed by atoms with van der Waals surface area (Å²) in [5, 5.41) is 12.2. The number of hydrogen-bond acceptors (Lipinski definition) is 3. The van der Waals surface area contributed by atoms with Crippen molar-refractivity contribution in [1.82, 2.24) is 5.32 Å². The lowest BCUT2D eigenvalue weighted by Crippen LogP contribution is -2.22. The Morgan fingerprint density at radius 1 is 1.35 bits per heavy atom. The summed E-state index contributed by atoms with van der Waals surface area (Å²) < 4.78 is 53.3. The van der Waals surface area contributed by atoms with Crippen LogP contribution >= 0.6 is 0 Å². The Balaban J connectivity index is 2.60. The number of alkyl halides is 3. The average Bonchev–Trinajstić information content (AvgIpc) is 2.34. The van der Waals surface area contributed by atoms with Gasteiger partial charge in [-0.2, -0.15) is 0 Å². The second kappa shape index (κ2) is 7.44. The molecule has 0 fully saturated rings. The largest absolute Gasteiger partial charge is 0.573 e. The molecule has 0 bridgehead atoms. The van der Waals surface area contributed by atoms with E-state index in [1.807, 2.05) is 6.92 Å². The summed E-state index contributed by atoms with van der Waals surface area (Å²) in [6.07, 6.45) is -4.20. The number of benzene rings is 1. The highest BCUT2D eigenvalue weighted by Crippen LogP contribution is 2.27. The molecular formula is C13H17F4NO2. The monoisotopic (exact) mass is 295 g/mol. The van der Waals surface area contributed by atoms with Crippen LogP contribution in [0, 0.1) is 5.82 Å². The fourth-order valence-corrected chi connectivity index (χ4v) is 1.59. The molecule has 20 heavy (non-hydrogen) atoms. The van der Waals surface area contributed by atoms with E-state index in [-0.39, 0.29) is 12.1 Å². The fourth-order valence-electron chi connectivity index (χ4n) is 1.59. The Labute approximate surface area is 114 Å². The zero-order valence-corrected chi connectivity index (χ0v) is 11.0. The van der Waals surface area contributed by atoms with Crippen LogP contribution in [0.25, 0.3) is 0 Å². The lowest BCUT2D eigenvalue weighted by atomic mass is 10.1. The van der Waals surface area contributed by atoms with Gasteiger partial charge in [0.25, 0.3) is 0 Å². The van der Waals surface area contributed by atoms with Crippen LogP contribution in [-0.2, 0) is 6.54 Å². The van der Waals surface area contributed by atoms with E-state index in [9.17, 15) is 22.7 Å². The maximum atomic E-state index is 13.0. The minimum absolute atomic E-state index is 0.0993. The number of halogens is 4. The first kappa shape index (κ1) is 16.7. The summed E-state index contributed by atoms with van der Waals surface area (Å²) in [6, 6.07) is 3.01. The Bertz CT molecular complexity index is 423. The molecule has 0 amide bonds. The standard InChI is InChI=1S/C13H17F4NO2/c1-2-11(19)5-6-18-8-9-3-4-10(14)7-12(9)20-13(15,16)17/h3-4,7,11,18-19H,2,5-6,8H2,1H3. The molecule has 3 nitrogen and oxygen atoms in total. The van der Waals surface area contributed by atoms with E-state index >= 15 is 0 Å². The molecule has 1 unspecified atom stereocenters. The van der Waals surface area contributed by atoms with Gasteiger partial charge in [-0.1, -0.05) is 13.0 Å². The van der Waals surface area contributed by atoms with Crippen molar-refractivity contribution in [3.63, 3.8) is 0 Å². The minimum atomic E-state index is -4.86. The van der Waals surface area contributed by atoms with E-state index in [0.717, 1.165) is 6.07 Å². The summed E-state index contributed by atoms with van der Waals surface area (Å²) in [5.41, 5.74) is 0.203. The Hall–Kier alpha value is -1.34. The molecule has 7 heteroatoms. The minimum Gasteiger partial charge on any atom is -0.405 e. The van der Waals surface area contributed by atoms with Crippen LogP contribution in [-0.4, -0.2) is 24.1 Å². The number of aliphatic hydroxyl groups is 1. The lowest BCUT2D eigenvalue weighted by molar-refractivity contribution is -0.275. The van der Waals surface area contributed by atoms with Crippen molar-refractivity contribution < 1.29 is 27.4 Å². The molecule has 0 radical (unpaired) electrons. The van der Waals surface area contributed by atoms with E-state index < -0.39 is 24.0 Å². The van der Waals surface area contributed by atoms with Crippen LogP contribution in [0.4, 0.5) is 17.6 Å². The molecule has 0 saturated carbocycles. The molecule has 0 aliphatic carbocycles. The molecule has 0 saturated heterocycles. The molecule has 1 aromatic carbocycles. The molecule has 1 rings (SSSR count).